The van der Waals surface area contributed by atoms with E-state index >= 15 is 0 Å². The van der Waals surface area contributed by atoms with Gasteiger partial charge in [0, 0.05) is 18.9 Å². The molecular formula is C31H33NO6. The highest BCUT2D eigenvalue weighted by Gasteiger charge is 2.40. The van der Waals surface area contributed by atoms with E-state index in [1.54, 1.807) is 45.0 Å². The van der Waals surface area contributed by atoms with Gasteiger partial charge in [0.05, 0.1) is 5.92 Å². The number of rotatable bonds is 9. The van der Waals surface area contributed by atoms with Gasteiger partial charge in [-0.15, -0.1) is 0 Å². The zero-order valence-electron chi connectivity index (χ0n) is 21.8. The van der Waals surface area contributed by atoms with E-state index in [1.165, 1.54) is 0 Å². The average molecular weight is 516 g/mol. The Morgan fingerprint density at radius 3 is 1.84 bits per heavy atom. The number of aliphatic carboxylic acids is 2. The molecule has 7 heteroatoms. The fourth-order valence-corrected chi connectivity index (χ4v) is 5.09. The molecule has 7 nitrogen and oxygen atoms in total. The van der Waals surface area contributed by atoms with Crippen LogP contribution in [0.15, 0.2) is 78.9 Å². The zero-order chi connectivity index (χ0) is 27.4. The van der Waals surface area contributed by atoms with Gasteiger partial charge in [-0.2, -0.15) is 0 Å². The molecule has 0 bridgehead atoms. The topological polar surface area (TPSA) is 104 Å². The highest BCUT2D eigenvalue weighted by atomic mass is 16.6. The summed E-state index contributed by atoms with van der Waals surface area (Å²) in [4.78, 5) is 39.3. The number of carbonyl (C=O) groups excluding carboxylic acids is 1. The lowest BCUT2D eigenvalue weighted by molar-refractivity contribution is -0.149. The maximum absolute atomic E-state index is 13.6. The van der Waals surface area contributed by atoms with Crippen molar-refractivity contribution in [2.45, 2.75) is 39.2 Å². The van der Waals surface area contributed by atoms with Crippen molar-refractivity contribution in [3.8, 4) is 11.1 Å². The van der Waals surface area contributed by atoms with Crippen molar-refractivity contribution in [3.05, 3.63) is 95.6 Å². The molecule has 38 heavy (non-hydrogen) atoms. The third-order valence-corrected chi connectivity index (χ3v) is 7.23. The summed E-state index contributed by atoms with van der Waals surface area (Å²) < 4.78 is 5.79. The molecule has 1 aliphatic carbocycles. The third-order valence-electron chi connectivity index (χ3n) is 7.23. The van der Waals surface area contributed by atoms with Crippen molar-refractivity contribution >= 4 is 18.0 Å². The lowest BCUT2D eigenvalue weighted by Crippen LogP contribution is -2.51. The summed E-state index contributed by atoms with van der Waals surface area (Å²) in [6.45, 7) is 4.99. The number of fused-ring (bicyclic) bond motifs is 3. The standard InChI is InChI=1S/C31H33NO6/c1-31(2,3)26(28(33)34)18-32(27(29(35)36)17-20-11-5-4-6-12-20)30(37)38-19-25-23-15-9-7-13-21(23)22-14-8-10-16-24(22)25/h4-16,25-27H,17-19H2,1-3H3,(H,33,34)(H,35,36)/t26-,27-/m0/s1. The molecular weight excluding hydrogens is 482 g/mol. The second kappa shape index (κ2) is 11.1. The molecule has 0 saturated heterocycles. The van der Waals surface area contributed by atoms with Crippen molar-refractivity contribution in [3.63, 3.8) is 0 Å². The maximum atomic E-state index is 13.6. The normalized spacial score (nSPS) is 14.2. The van der Waals surface area contributed by atoms with Gasteiger partial charge < -0.3 is 14.9 Å². The highest BCUT2D eigenvalue weighted by molar-refractivity contribution is 5.82. The molecule has 0 saturated carbocycles. The monoisotopic (exact) mass is 515 g/mol. The number of carbonyl (C=O) groups is 3. The molecule has 1 amide bonds. The molecule has 0 unspecified atom stereocenters. The molecule has 4 rings (SSSR count). The molecule has 0 heterocycles. The van der Waals surface area contributed by atoms with Crippen LogP contribution in [0.1, 0.15) is 43.4 Å². The lowest BCUT2D eigenvalue weighted by Gasteiger charge is -2.35. The first-order valence-corrected chi connectivity index (χ1v) is 12.7. The first-order valence-electron chi connectivity index (χ1n) is 12.7. The fraction of sp³-hybridized carbons (Fsp3) is 0.323. The molecule has 1 aliphatic rings. The van der Waals surface area contributed by atoms with Crippen molar-refractivity contribution in [2.75, 3.05) is 13.2 Å². The predicted molar refractivity (Wildman–Crippen MR) is 144 cm³/mol. The smallest absolute Gasteiger partial charge is 0.410 e. The summed E-state index contributed by atoms with van der Waals surface area (Å²) in [6, 6.07) is 23.5. The lowest BCUT2D eigenvalue weighted by atomic mass is 9.80. The van der Waals surface area contributed by atoms with E-state index in [2.05, 4.69) is 0 Å². The number of nitrogens with zero attached hydrogens (tertiary/aromatic N) is 1. The predicted octanol–water partition coefficient (Wildman–Crippen LogP) is 5.68. The van der Waals surface area contributed by atoms with Crippen LogP contribution in [0.25, 0.3) is 11.1 Å². The van der Waals surface area contributed by atoms with Gasteiger partial charge >= 0.3 is 18.0 Å². The van der Waals surface area contributed by atoms with Gasteiger partial charge in [0.2, 0.25) is 0 Å². The molecule has 198 valence electrons. The van der Waals surface area contributed by atoms with Gasteiger partial charge in [-0.3, -0.25) is 9.69 Å². The first kappa shape index (κ1) is 26.9. The summed E-state index contributed by atoms with van der Waals surface area (Å²) in [5, 5.41) is 20.1. The molecule has 0 fully saturated rings. The van der Waals surface area contributed by atoms with E-state index in [9.17, 15) is 24.6 Å². The molecule has 0 aromatic heterocycles. The second-order valence-corrected chi connectivity index (χ2v) is 10.8. The van der Waals surface area contributed by atoms with E-state index in [1.807, 2.05) is 54.6 Å². The fourth-order valence-electron chi connectivity index (χ4n) is 5.09. The van der Waals surface area contributed by atoms with Gasteiger partial charge in [-0.25, -0.2) is 9.59 Å². The van der Waals surface area contributed by atoms with Crippen LogP contribution in [0.5, 0.6) is 0 Å². The van der Waals surface area contributed by atoms with E-state index in [-0.39, 0.29) is 25.5 Å². The molecule has 3 aromatic rings. The quantitative estimate of drug-likeness (QED) is 0.380. The Kier molecular flexibility index (Phi) is 7.86. The van der Waals surface area contributed by atoms with E-state index in [4.69, 9.17) is 4.74 Å². The molecule has 3 aromatic carbocycles. The SMILES string of the molecule is CC(C)(C)[C@@H](CN(C(=O)OCC1c2ccccc2-c2ccccc21)[C@@H](Cc1ccccc1)C(=O)O)C(=O)O. The Hall–Kier alpha value is -4.13. The van der Waals surface area contributed by atoms with Crippen LogP contribution in [-0.2, 0) is 20.7 Å². The van der Waals surface area contributed by atoms with Gasteiger partial charge in [-0.05, 0) is 33.2 Å². The number of hydrogen-bond acceptors (Lipinski definition) is 4. The van der Waals surface area contributed by atoms with Crippen molar-refractivity contribution in [1.82, 2.24) is 4.90 Å². The highest BCUT2D eigenvalue weighted by Crippen LogP contribution is 2.44. The van der Waals surface area contributed by atoms with Crippen LogP contribution in [0.2, 0.25) is 0 Å². The minimum Gasteiger partial charge on any atom is -0.481 e. The summed E-state index contributed by atoms with van der Waals surface area (Å²) in [5.74, 6) is -3.53. The molecule has 0 spiro atoms. The maximum Gasteiger partial charge on any atom is 0.410 e. The van der Waals surface area contributed by atoms with E-state index < -0.39 is 35.4 Å². The van der Waals surface area contributed by atoms with Gasteiger partial charge in [0.1, 0.15) is 12.6 Å². The number of ether oxygens (including phenoxy) is 1. The number of hydrogen-bond donors (Lipinski definition) is 2. The van der Waals surface area contributed by atoms with Crippen LogP contribution in [-0.4, -0.2) is 52.3 Å². The number of carboxylic acid groups (broad SMARTS) is 2. The van der Waals surface area contributed by atoms with E-state index in [0.29, 0.717) is 0 Å². The van der Waals surface area contributed by atoms with Crippen LogP contribution in [0.4, 0.5) is 4.79 Å². The summed E-state index contributed by atoms with van der Waals surface area (Å²) >= 11 is 0. The van der Waals surface area contributed by atoms with E-state index in [0.717, 1.165) is 32.7 Å². The summed E-state index contributed by atoms with van der Waals surface area (Å²) in [5.41, 5.74) is 4.22. The van der Waals surface area contributed by atoms with Gasteiger partial charge in [0.25, 0.3) is 0 Å². The Balaban J connectivity index is 1.63. The molecule has 0 aliphatic heterocycles. The Bertz CT molecular complexity index is 1270. The van der Waals surface area contributed by atoms with Crippen molar-refractivity contribution in [1.29, 1.82) is 0 Å². The van der Waals surface area contributed by atoms with Crippen molar-refractivity contribution < 1.29 is 29.3 Å². The first-order chi connectivity index (χ1) is 18.1. The Labute approximate surface area is 222 Å². The molecule has 2 atom stereocenters. The van der Waals surface area contributed by atoms with Crippen molar-refractivity contribution in [2.24, 2.45) is 11.3 Å². The zero-order valence-corrected chi connectivity index (χ0v) is 21.8. The largest absolute Gasteiger partial charge is 0.481 e. The van der Waals surface area contributed by atoms with Crippen LogP contribution in [0.3, 0.4) is 0 Å². The van der Waals surface area contributed by atoms with Crippen LogP contribution >= 0.6 is 0 Å². The second-order valence-electron chi connectivity index (χ2n) is 10.8. The average Bonchev–Trinajstić information content (AvgIpc) is 3.20. The van der Waals surface area contributed by atoms with Crippen LogP contribution < -0.4 is 0 Å². The number of benzene rings is 3. The molecule has 2 N–H and O–H groups in total. The van der Waals surface area contributed by atoms with Crippen LogP contribution in [0, 0.1) is 11.3 Å². The number of carboxylic acids is 2. The summed E-state index contributed by atoms with van der Waals surface area (Å²) in [6.07, 6.45) is -0.817. The molecule has 0 radical (unpaired) electrons. The van der Waals surface area contributed by atoms with Gasteiger partial charge in [-0.1, -0.05) is 99.6 Å². The summed E-state index contributed by atoms with van der Waals surface area (Å²) in [7, 11) is 0. The Morgan fingerprint density at radius 1 is 0.816 bits per heavy atom. The third kappa shape index (κ3) is 5.72. The Morgan fingerprint density at radius 2 is 1.34 bits per heavy atom. The van der Waals surface area contributed by atoms with Gasteiger partial charge in [0.15, 0.2) is 0 Å². The minimum atomic E-state index is -1.29. The number of amides is 1. The minimum absolute atomic E-state index is 0.00823.